The fourth-order valence-corrected chi connectivity index (χ4v) is 2.16. The number of rotatable bonds is 3. The number of H-pyrrole nitrogens is 1. The molecule has 3 rings (SSSR count). The Morgan fingerprint density at radius 2 is 1.84 bits per heavy atom. The largest absolute Gasteiger partial charge is 0.359 e. The van der Waals surface area contributed by atoms with Crippen LogP contribution in [0.15, 0.2) is 60.8 Å². The number of hydrogen-bond acceptors (Lipinski definition) is 1. The summed E-state index contributed by atoms with van der Waals surface area (Å²) in [5.41, 5.74) is 2.80. The molecule has 0 saturated heterocycles. The van der Waals surface area contributed by atoms with Crippen LogP contribution in [-0.4, -0.2) is 10.9 Å². The normalized spacial score (nSPS) is 10.5. The lowest BCUT2D eigenvalue weighted by molar-refractivity contribution is -0.115. The molecule has 0 fully saturated rings. The molecule has 3 aromatic rings. The predicted octanol–water partition coefficient (Wildman–Crippen LogP) is 3.35. The number of aromatic amines is 1. The molecule has 0 unspecified atom stereocenters. The van der Waals surface area contributed by atoms with Gasteiger partial charge in [-0.25, -0.2) is 0 Å². The quantitative estimate of drug-likeness (QED) is 0.735. The predicted molar refractivity (Wildman–Crippen MR) is 77.1 cm³/mol. The van der Waals surface area contributed by atoms with Crippen molar-refractivity contribution in [2.75, 3.05) is 5.32 Å². The summed E-state index contributed by atoms with van der Waals surface area (Å²) in [5.74, 6) is -0.00620. The zero-order valence-corrected chi connectivity index (χ0v) is 10.4. The monoisotopic (exact) mass is 250 g/mol. The van der Waals surface area contributed by atoms with Gasteiger partial charge in [-0.15, -0.1) is 0 Å². The van der Waals surface area contributed by atoms with Crippen molar-refractivity contribution >= 4 is 22.5 Å². The van der Waals surface area contributed by atoms with Crippen LogP contribution in [0.4, 0.5) is 5.69 Å². The van der Waals surface area contributed by atoms with Gasteiger partial charge in [0.1, 0.15) is 0 Å². The van der Waals surface area contributed by atoms with Crippen LogP contribution in [-0.2, 0) is 11.2 Å². The Labute approximate surface area is 111 Å². The number of benzene rings is 2. The van der Waals surface area contributed by atoms with E-state index in [-0.39, 0.29) is 5.91 Å². The lowest BCUT2D eigenvalue weighted by Gasteiger charge is -2.06. The van der Waals surface area contributed by atoms with E-state index in [2.05, 4.69) is 10.3 Å². The number of carbonyl (C=O) groups excluding carboxylic acids is 1. The third-order valence-corrected chi connectivity index (χ3v) is 3.07. The topological polar surface area (TPSA) is 44.9 Å². The van der Waals surface area contributed by atoms with Crippen molar-refractivity contribution in [2.45, 2.75) is 6.42 Å². The molecular weight excluding hydrogens is 236 g/mol. The van der Waals surface area contributed by atoms with Gasteiger partial charge in [-0.1, -0.05) is 42.5 Å². The molecule has 0 aliphatic rings. The van der Waals surface area contributed by atoms with Gasteiger partial charge in [-0.05, 0) is 17.7 Å². The van der Waals surface area contributed by atoms with Crippen LogP contribution >= 0.6 is 0 Å². The Hall–Kier alpha value is -2.55. The molecule has 0 radical (unpaired) electrons. The van der Waals surface area contributed by atoms with Gasteiger partial charge in [0.05, 0.1) is 17.6 Å². The van der Waals surface area contributed by atoms with Gasteiger partial charge in [-0.2, -0.15) is 0 Å². The molecule has 1 amide bonds. The average Bonchev–Trinajstić information content (AvgIpc) is 2.89. The van der Waals surface area contributed by atoms with Crippen molar-refractivity contribution in [2.24, 2.45) is 0 Å². The second kappa shape index (κ2) is 4.98. The Morgan fingerprint density at radius 3 is 2.68 bits per heavy atom. The number of aromatic nitrogens is 1. The highest BCUT2D eigenvalue weighted by Crippen LogP contribution is 2.21. The van der Waals surface area contributed by atoms with Crippen LogP contribution < -0.4 is 5.32 Å². The van der Waals surface area contributed by atoms with Gasteiger partial charge < -0.3 is 10.3 Å². The van der Waals surface area contributed by atoms with Gasteiger partial charge in [-0.3, -0.25) is 4.79 Å². The zero-order valence-electron chi connectivity index (χ0n) is 10.4. The van der Waals surface area contributed by atoms with Crippen molar-refractivity contribution in [3.05, 3.63) is 66.4 Å². The number of carbonyl (C=O) groups is 1. The van der Waals surface area contributed by atoms with E-state index in [0.29, 0.717) is 6.42 Å². The highest BCUT2D eigenvalue weighted by atomic mass is 16.1. The third kappa shape index (κ3) is 2.50. The summed E-state index contributed by atoms with van der Waals surface area (Å²) in [5, 5.41) is 4.04. The molecule has 3 heteroatoms. The van der Waals surface area contributed by atoms with E-state index < -0.39 is 0 Å². The molecule has 0 saturated carbocycles. The number of anilines is 1. The summed E-state index contributed by atoms with van der Waals surface area (Å²) < 4.78 is 0. The van der Waals surface area contributed by atoms with Crippen molar-refractivity contribution < 1.29 is 4.79 Å². The minimum atomic E-state index is -0.00620. The van der Waals surface area contributed by atoms with E-state index in [4.69, 9.17) is 0 Å². The van der Waals surface area contributed by atoms with E-state index in [1.165, 1.54) is 0 Å². The van der Waals surface area contributed by atoms with Crippen molar-refractivity contribution in [1.82, 2.24) is 4.98 Å². The molecule has 1 aromatic heterocycles. The first-order chi connectivity index (χ1) is 9.33. The number of hydrogen-bond donors (Lipinski definition) is 2. The lowest BCUT2D eigenvalue weighted by atomic mass is 10.1. The second-order valence-corrected chi connectivity index (χ2v) is 4.46. The molecule has 2 N–H and O–H groups in total. The Bertz CT molecular complexity index is 701. The van der Waals surface area contributed by atoms with Crippen LogP contribution in [0, 0.1) is 0 Å². The molecule has 0 aliphatic heterocycles. The fourth-order valence-electron chi connectivity index (χ4n) is 2.16. The number of fused-ring (bicyclic) bond motifs is 1. The summed E-state index contributed by atoms with van der Waals surface area (Å²) in [6.07, 6.45) is 2.26. The zero-order chi connectivity index (χ0) is 13.1. The summed E-state index contributed by atoms with van der Waals surface area (Å²) in [6.45, 7) is 0. The third-order valence-electron chi connectivity index (χ3n) is 3.07. The number of nitrogens with one attached hydrogen (secondary N) is 2. The minimum absolute atomic E-state index is 0.00620. The summed E-state index contributed by atoms with van der Waals surface area (Å²) in [6, 6.07) is 17.6. The first-order valence-corrected chi connectivity index (χ1v) is 6.23. The molecule has 1 heterocycles. The van der Waals surface area contributed by atoms with Crippen LogP contribution in [0.2, 0.25) is 0 Å². The first-order valence-electron chi connectivity index (χ1n) is 6.23. The molecule has 0 atom stereocenters. The standard InChI is InChI=1S/C16H14N2O/c19-15(11-12-5-2-1-3-6-12)18-14-8-4-7-13-9-10-17-16(13)14/h1-10,17H,11H2,(H,18,19). The van der Waals surface area contributed by atoms with Crippen LogP contribution in [0.3, 0.4) is 0 Å². The number of amides is 1. The smallest absolute Gasteiger partial charge is 0.228 e. The molecule has 0 aliphatic carbocycles. The van der Waals surface area contributed by atoms with Gasteiger partial charge in [0, 0.05) is 11.6 Å². The molecule has 19 heavy (non-hydrogen) atoms. The molecule has 2 aromatic carbocycles. The maximum atomic E-state index is 12.0. The average molecular weight is 250 g/mol. The molecule has 0 bridgehead atoms. The Balaban J connectivity index is 1.78. The fraction of sp³-hybridized carbons (Fsp3) is 0.0625. The van der Waals surface area contributed by atoms with Gasteiger partial charge in [0.2, 0.25) is 5.91 Å². The summed E-state index contributed by atoms with van der Waals surface area (Å²) in [4.78, 5) is 15.2. The molecule has 3 nitrogen and oxygen atoms in total. The van der Waals surface area contributed by atoms with Crippen molar-refractivity contribution in [1.29, 1.82) is 0 Å². The van der Waals surface area contributed by atoms with Gasteiger partial charge in [0.25, 0.3) is 0 Å². The highest BCUT2D eigenvalue weighted by Gasteiger charge is 2.07. The minimum Gasteiger partial charge on any atom is -0.359 e. The maximum Gasteiger partial charge on any atom is 0.228 e. The summed E-state index contributed by atoms with van der Waals surface area (Å²) >= 11 is 0. The van der Waals surface area contributed by atoms with Crippen LogP contribution in [0.25, 0.3) is 10.9 Å². The van der Waals surface area contributed by atoms with Crippen molar-refractivity contribution in [3.63, 3.8) is 0 Å². The maximum absolute atomic E-state index is 12.0. The highest BCUT2D eigenvalue weighted by molar-refractivity contribution is 6.01. The van der Waals surface area contributed by atoms with Crippen molar-refractivity contribution in [3.8, 4) is 0 Å². The van der Waals surface area contributed by atoms with Gasteiger partial charge >= 0.3 is 0 Å². The van der Waals surface area contributed by atoms with Gasteiger partial charge in [0.15, 0.2) is 0 Å². The van der Waals surface area contributed by atoms with Crippen LogP contribution in [0.5, 0.6) is 0 Å². The molecular formula is C16H14N2O. The van der Waals surface area contributed by atoms with E-state index >= 15 is 0 Å². The first kappa shape index (κ1) is 11.5. The molecule has 0 spiro atoms. The Morgan fingerprint density at radius 1 is 1.00 bits per heavy atom. The van der Waals surface area contributed by atoms with E-state index in [9.17, 15) is 4.79 Å². The Kier molecular flexibility index (Phi) is 3.02. The van der Waals surface area contributed by atoms with E-state index in [1.54, 1.807) is 0 Å². The van der Waals surface area contributed by atoms with E-state index in [0.717, 1.165) is 22.2 Å². The second-order valence-electron chi connectivity index (χ2n) is 4.46. The molecule has 94 valence electrons. The lowest BCUT2D eigenvalue weighted by Crippen LogP contribution is -2.14. The number of para-hydroxylation sites is 1. The van der Waals surface area contributed by atoms with E-state index in [1.807, 2.05) is 60.8 Å². The summed E-state index contributed by atoms with van der Waals surface area (Å²) in [7, 11) is 0. The van der Waals surface area contributed by atoms with Crippen LogP contribution in [0.1, 0.15) is 5.56 Å². The SMILES string of the molecule is O=C(Cc1ccccc1)Nc1cccc2cc[nH]c12.